The van der Waals surface area contributed by atoms with Crippen LogP contribution in [0.3, 0.4) is 0 Å². The van der Waals surface area contributed by atoms with Gasteiger partial charge in [-0.05, 0) is 24.6 Å². The summed E-state index contributed by atoms with van der Waals surface area (Å²) in [6.45, 7) is 8.82. The van der Waals surface area contributed by atoms with Gasteiger partial charge in [0.25, 0.3) is 0 Å². The third-order valence-corrected chi connectivity index (χ3v) is 6.60. The molecule has 2 fully saturated rings. The Morgan fingerprint density at radius 3 is 2.43 bits per heavy atom. The van der Waals surface area contributed by atoms with Crippen molar-refractivity contribution in [2.45, 2.75) is 51.6 Å². The summed E-state index contributed by atoms with van der Waals surface area (Å²) >= 11 is 1.05. The Hall–Kier alpha value is -2.89. The molecule has 2 saturated heterocycles. The molecule has 0 N–H and O–H groups in total. The Morgan fingerprint density at radius 1 is 1.03 bits per heavy atom. The van der Waals surface area contributed by atoms with Crippen molar-refractivity contribution in [3.05, 3.63) is 47.5 Å². The maximum Gasteiger partial charge on any atom is 0.324 e. The zero-order chi connectivity index (χ0) is 24.2. The van der Waals surface area contributed by atoms with Crippen LogP contribution in [-0.4, -0.2) is 52.5 Å². The summed E-state index contributed by atoms with van der Waals surface area (Å²) in [7, 11) is 0. The number of hydrogen-bond acceptors (Lipinski definition) is 11. The van der Waals surface area contributed by atoms with Gasteiger partial charge in [-0.25, -0.2) is 9.97 Å². The van der Waals surface area contributed by atoms with E-state index in [2.05, 4.69) is 25.0 Å². The summed E-state index contributed by atoms with van der Waals surface area (Å²) in [6.07, 6.45) is 3.17. The molecule has 35 heavy (non-hydrogen) atoms. The molecule has 3 aromatic rings. The second kappa shape index (κ2) is 10.8. The molecule has 4 heterocycles. The van der Waals surface area contributed by atoms with E-state index >= 15 is 0 Å². The Bertz CT molecular complexity index is 1110. The predicted molar refractivity (Wildman–Crippen MR) is 130 cm³/mol. The predicted octanol–water partition coefficient (Wildman–Crippen LogP) is 4.83. The van der Waals surface area contributed by atoms with Crippen molar-refractivity contribution in [2.24, 2.45) is 0 Å². The second-order valence-corrected chi connectivity index (χ2v) is 9.62. The lowest BCUT2D eigenvalue weighted by Crippen LogP contribution is -2.38. The molecule has 2 aliphatic heterocycles. The highest BCUT2D eigenvalue weighted by atomic mass is 32.2. The minimum atomic E-state index is 0.0394. The van der Waals surface area contributed by atoms with Gasteiger partial charge in [-0.15, -0.1) is 0 Å². The Labute approximate surface area is 208 Å². The highest BCUT2D eigenvalue weighted by Crippen LogP contribution is 2.31. The van der Waals surface area contributed by atoms with E-state index in [1.807, 2.05) is 45.0 Å². The fourth-order valence-corrected chi connectivity index (χ4v) is 4.47. The quantitative estimate of drug-likeness (QED) is 0.418. The van der Waals surface area contributed by atoms with Gasteiger partial charge in [0, 0.05) is 37.8 Å². The van der Waals surface area contributed by atoms with Gasteiger partial charge in [0.05, 0.1) is 18.8 Å². The van der Waals surface area contributed by atoms with E-state index in [1.54, 1.807) is 0 Å². The molecular weight excluding hydrogens is 470 g/mol. The lowest BCUT2D eigenvalue weighted by atomic mass is 10.0. The van der Waals surface area contributed by atoms with E-state index in [9.17, 15) is 0 Å². The van der Waals surface area contributed by atoms with Crippen LogP contribution < -0.4 is 14.4 Å². The summed E-state index contributed by atoms with van der Waals surface area (Å²) < 4.78 is 28.3. The van der Waals surface area contributed by atoms with Crippen molar-refractivity contribution in [3.63, 3.8) is 0 Å². The number of nitrogens with zero attached hydrogens (tertiary/aromatic N) is 5. The number of ether oxygens (including phenoxy) is 2. The van der Waals surface area contributed by atoms with Gasteiger partial charge >= 0.3 is 6.01 Å². The zero-order valence-electron chi connectivity index (χ0n) is 20.0. The van der Waals surface area contributed by atoms with Crippen LogP contribution in [-0.2, 0) is 8.37 Å². The van der Waals surface area contributed by atoms with Gasteiger partial charge in [0.15, 0.2) is 18.1 Å². The number of piperidine rings is 1. The van der Waals surface area contributed by atoms with Crippen LogP contribution in [0.15, 0.2) is 35.1 Å². The minimum absolute atomic E-state index is 0.0394. The Kier molecular flexibility index (Phi) is 7.35. The van der Waals surface area contributed by atoms with Crippen molar-refractivity contribution >= 4 is 18.3 Å². The lowest BCUT2D eigenvalue weighted by molar-refractivity contribution is 0.159. The first-order valence-corrected chi connectivity index (χ1v) is 12.5. The molecule has 0 amide bonds. The molecule has 2 aliphatic rings. The second-order valence-electron chi connectivity index (χ2n) is 9.01. The van der Waals surface area contributed by atoms with E-state index in [1.165, 1.54) is 6.33 Å². The van der Waals surface area contributed by atoms with Crippen LogP contribution in [0, 0.1) is 6.92 Å². The molecule has 186 valence electrons. The Balaban J connectivity index is 1.18. The molecule has 0 bridgehead atoms. The van der Waals surface area contributed by atoms with Crippen LogP contribution >= 0.6 is 12.3 Å². The third kappa shape index (κ3) is 5.68. The highest BCUT2D eigenvalue weighted by molar-refractivity contribution is 7.89. The summed E-state index contributed by atoms with van der Waals surface area (Å²) in [6, 6.07) is 8.49. The molecule has 0 atom stereocenters. The molecule has 11 heteroatoms. The van der Waals surface area contributed by atoms with Crippen LogP contribution in [0.25, 0.3) is 0 Å². The van der Waals surface area contributed by atoms with E-state index in [0.717, 1.165) is 55.2 Å². The summed E-state index contributed by atoms with van der Waals surface area (Å²) in [5, 5.41) is 4.06. The van der Waals surface area contributed by atoms with Crippen molar-refractivity contribution < 1.29 is 22.4 Å². The first kappa shape index (κ1) is 23.8. The topological polar surface area (TPSA) is 105 Å². The van der Waals surface area contributed by atoms with Crippen molar-refractivity contribution in [1.29, 1.82) is 0 Å². The molecule has 0 saturated carbocycles. The van der Waals surface area contributed by atoms with Gasteiger partial charge < -0.3 is 18.9 Å². The van der Waals surface area contributed by atoms with E-state index in [-0.39, 0.29) is 17.9 Å². The number of hydrogen-bond donors (Lipinski definition) is 0. The first-order chi connectivity index (χ1) is 17.1. The zero-order valence-corrected chi connectivity index (χ0v) is 20.9. The van der Waals surface area contributed by atoms with Crippen LogP contribution in [0.4, 0.5) is 6.01 Å². The molecule has 0 spiro atoms. The smallest absolute Gasteiger partial charge is 0.324 e. The standard InChI is InChI=1S/C24H29N5O5S/c1-15(2)21-27-24(34-28-21)29-10-8-20(9-11-29)33-23-16(3)22(25-14-26-23)32-19-6-4-17(5-7-19)18-12-30-35-31-13-18/h4-7,14-15,18,20H,8-13H2,1-3H3. The maximum absolute atomic E-state index is 6.24. The van der Waals surface area contributed by atoms with Crippen molar-refractivity contribution in [3.8, 4) is 17.5 Å². The number of rotatable bonds is 7. The highest BCUT2D eigenvalue weighted by Gasteiger charge is 2.26. The van der Waals surface area contributed by atoms with Crippen molar-refractivity contribution in [1.82, 2.24) is 20.1 Å². The maximum atomic E-state index is 6.24. The van der Waals surface area contributed by atoms with Gasteiger partial charge in [0.2, 0.25) is 11.8 Å². The molecule has 0 unspecified atom stereocenters. The van der Waals surface area contributed by atoms with E-state index in [4.69, 9.17) is 22.4 Å². The van der Waals surface area contributed by atoms with Crippen LogP contribution in [0.5, 0.6) is 17.5 Å². The fourth-order valence-electron chi connectivity index (χ4n) is 3.97. The van der Waals surface area contributed by atoms with Crippen LogP contribution in [0.2, 0.25) is 0 Å². The first-order valence-electron chi connectivity index (χ1n) is 11.8. The fraction of sp³-hybridized carbons (Fsp3) is 0.500. The normalized spacial score (nSPS) is 17.7. The lowest BCUT2D eigenvalue weighted by Gasteiger charge is -2.30. The summed E-state index contributed by atoms with van der Waals surface area (Å²) in [5.41, 5.74) is 1.91. The molecule has 2 aromatic heterocycles. The number of anilines is 1. The molecule has 0 aliphatic carbocycles. The molecule has 0 radical (unpaired) electrons. The summed E-state index contributed by atoms with van der Waals surface area (Å²) in [4.78, 5) is 15.3. The average Bonchev–Trinajstić information content (AvgIpc) is 3.39. The van der Waals surface area contributed by atoms with Gasteiger partial charge in [-0.3, -0.25) is 8.37 Å². The molecular formula is C24H29N5O5S. The van der Waals surface area contributed by atoms with Gasteiger partial charge in [-0.1, -0.05) is 31.1 Å². The van der Waals surface area contributed by atoms with Gasteiger partial charge in [-0.2, -0.15) is 4.98 Å². The number of aromatic nitrogens is 4. The molecule has 5 rings (SSSR count). The largest absolute Gasteiger partial charge is 0.474 e. The third-order valence-electron chi connectivity index (χ3n) is 6.13. The SMILES string of the molecule is Cc1c(Oc2ccc(C3COSOC3)cc2)ncnc1OC1CCN(c2nc(C(C)C)no2)CC1. The van der Waals surface area contributed by atoms with Crippen LogP contribution in [0.1, 0.15) is 55.5 Å². The average molecular weight is 500 g/mol. The minimum Gasteiger partial charge on any atom is -0.474 e. The Morgan fingerprint density at radius 2 is 1.74 bits per heavy atom. The van der Waals surface area contributed by atoms with E-state index in [0.29, 0.717) is 36.7 Å². The monoisotopic (exact) mass is 499 g/mol. The number of benzene rings is 1. The van der Waals surface area contributed by atoms with E-state index < -0.39 is 0 Å². The molecule has 10 nitrogen and oxygen atoms in total. The summed E-state index contributed by atoms with van der Waals surface area (Å²) in [5.74, 6) is 2.90. The molecule has 1 aromatic carbocycles. The van der Waals surface area contributed by atoms with Crippen molar-refractivity contribution in [2.75, 3.05) is 31.2 Å². The van der Waals surface area contributed by atoms with Gasteiger partial charge in [0.1, 0.15) is 18.2 Å².